The van der Waals surface area contributed by atoms with E-state index in [0.717, 1.165) is 5.75 Å². The van der Waals surface area contributed by atoms with Crippen LogP contribution in [0.3, 0.4) is 0 Å². The zero-order valence-corrected chi connectivity index (χ0v) is 12.6. The first-order valence-electron chi connectivity index (χ1n) is 7.32. The molecule has 0 unspecified atom stereocenters. The van der Waals surface area contributed by atoms with E-state index >= 15 is 0 Å². The quantitative estimate of drug-likeness (QED) is 0.884. The number of hydrogen-bond acceptors (Lipinski definition) is 5. The zero-order chi connectivity index (χ0) is 15.5. The predicted molar refractivity (Wildman–Crippen MR) is 82.0 cm³/mol. The first-order chi connectivity index (χ1) is 10.6. The van der Waals surface area contributed by atoms with Crippen LogP contribution in [0.25, 0.3) is 0 Å². The topological polar surface area (TPSA) is 76.4 Å². The smallest absolute Gasteiger partial charge is 0.239 e. The van der Waals surface area contributed by atoms with Crippen LogP contribution in [0.2, 0.25) is 0 Å². The molecule has 6 nitrogen and oxygen atoms in total. The molecule has 116 valence electrons. The predicted octanol–water partition coefficient (Wildman–Crippen LogP) is 2.08. The summed E-state index contributed by atoms with van der Waals surface area (Å²) < 4.78 is 10.6. The van der Waals surface area contributed by atoms with E-state index in [1.54, 1.807) is 13.0 Å². The molecule has 2 aromatic rings. The molecule has 1 aliphatic rings. The molecule has 0 spiro atoms. The molecule has 0 radical (unpaired) electrons. The second kappa shape index (κ2) is 6.19. The van der Waals surface area contributed by atoms with Gasteiger partial charge < -0.3 is 19.9 Å². The second-order valence-electron chi connectivity index (χ2n) is 5.50. The molecule has 0 aliphatic carbocycles. The number of nitrogens with one attached hydrogen (secondary N) is 2. The normalized spacial score (nSPS) is 17.6. The van der Waals surface area contributed by atoms with Crippen LogP contribution in [0, 0.1) is 6.92 Å². The third-order valence-corrected chi connectivity index (χ3v) is 3.82. The summed E-state index contributed by atoms with van der Waals surface area (Å²) in [5.41, 5.74) is 1.19. The van der Waals surface area contributed by atoms with Crippen molar-refractivity contribution in [2.75, 3.05) is 18.5 Å². The molecule has 2 N–H and O–H groups in total. The number of nitrogens with zero attached hydrogens (tertiary/aromatic N) is 1. The van der Waals surface area contributed by atoms with Gasteiger partial charge in [-0.1, -0.05) is 23.4 Å². The highest BCUT2D eigenvalue weighted by Gasteiger charge is 2.28. The van der Waals surface area contributed by atoms with E-state index in [1.165, 1.54) is 5.56 Å². The van der Waals surface area contributed by atoms with Crippen molar-refractivity contribution in [1.82, 2.24) is 10.5 Å². The van der Waals surface area contributed by atoms with Gasteiger partial charge in [-0.3, -0.25) is 4.79 Å². The van der Waals surface area contributed by atoms with E-state index < -0.39 is 0 Å². The van der Waals surface area contributed by atoms with Crippen LogP contribution < -0.4 is 15.4 Å². The Bertz CT molecular complexity index is 668. The minimum absolute atomic E-state index is 0.133. The summed E-state index contributed by atoms with van der Waals surface area (Å²) in [6.07, 6.45) is 0. The largest absolute Gasteiger partial charge is 0.493 e. The van der Waals surface area contributed by atoms with Gasteiger partial charge in [0.15, 0.2) is 5.82 Å². The maximum atomic E-state index is 11.9. The summed E-state index contributed by atoms with van der Waals surface area (Å²) in [5, 5.41) is 9.67. The number of para-hydroxylation sites is 1. The zero-order valence-electron chi connectivity index (χ0n) is 12.6. The van der Waals surface area contributed by atoms with Gasteiger partial charge >= 0.3 is 0 Å². The van der Waals surface area contributed by atoms with E-state index in [2.05, 4.69) is 28.8 Å². The van der Waals surface area contributed by atoms with Crippen LogP contribution >= 0.6 is 0 Å². The molecule has 3 rings (SSSR count). The highest BCUT2D eigenvalue weighted by atomic mass is 16.5. The average Bonchev–Trinajstić information content (AvgIpc) is 3.11. The first kappa shape index (κ1) is 14.6. The van der Waals surface area contributed by atoms with E-state index in [0.29, 0.717) is 18.2 Å². The monoisotopic (exact) mass is 301 g/mol. The van der Waals surface area contributed by atoms with E-state index in [1.807, 2.05) is 18.2 Å². The van der Waals surface area contributed by atoms with Crippen LogP contribution in [0.5, 0.6) is 5.75 Å². The van der Waals surface area contributed by atoms with Crippen molar-refractivity contribution in [3.8, 4) is 5.75 Å². The third-order valence-electron chi connectivity index (χ3n) is 3.82. The second-order valence-corrected chi connectivity index (χ2v) is 5.50. The molecule has 2 heterocycles. The van der Waals surface area contributed by atoms with Gasteiger partial charge in [-0.2, -0.15) is 0 Å². The van der Waals surface area contributed by atoms with Gasteiger partial charge in [0.2, 0.25) is 5.91 Å². The number of ether oxygens (including phenoxy) is 1. The van der Waals surface area contributed by atoms with Crippen molar-refractivity contribution in [2.24, 2.45) is 0 Å². The molecule has 0 fully saturated rings. The first-order valence-corrected chi connectivity index (χ1v) is 7.32. The third kappa shape index (κ3) is 3.12. The fourth-order valence-corrected chi connectivity index (χ4v) is 2.61. The number of benzene rings is 1. The standard InChI is InChI=1S/C16H19N3O3/c1-10-7-15(19-22-10)18-16(20)8-17-11(2)13-9-21-14-6-4-3-5-12(13)14/h3-7,11,13,17H,8-9H2,1-2H3,(H,18,19,20)/t11-,13-/m0/s1. The van der Waals surface area contributed by atoms with E-state index in [9.17, 15) is 4.79 Å². The van der Waals surface area contributed by atoms with Crippen LogP contribution in [0.15, 0.2) is 34.9 Å². The van der Waals surface area contributed by atoms with Crippen molar-refractivity contribution in [1.29, 1.82) is 0 Å². The lowest BCUT2D eigenvalue weighted by Gasteiger charge is -2.19. The van der Waals surface area contributed by atoms with Crippen LogP contribution in [0.1, 0.15) is 24.2 Å². The number of aromatic nitrogens is 1. The summed E-state index contributed by atoms with van der Waals surface area (Å²) in [6, 6.07) is 9.83. The Labute approximate surface area is 128 Å². The Kier molecular flexibility index (Phi) is 4.11. The fraction of sp³-hybridized carbons (Fsp3) is 0.375. The van der Waals surface area contributed by atoms with Crippen molar-refractivity contribution >= 4 is 11.7 Å². The van der Waals surface area contributed by atoms with Gasteiger partial charge in [-0.25, -0.2) is 0 Å². The van der Waals surface area contributed by atoms with Crippen LogP contribution in [-0.4, -0.2) is 30.3 Å². The lowest BCUT2D eigenvalue weighted by Crippen LogP contribution is -2.38. The maximum absolute atomic E-state index is 11.9. The Morgan fingerprint density at radius 1 is 1.45 bits per heavy atom. The van der Waals surface area contributed by atoms with Gasteiger partial charge in [0.1, 0.15) is 11.5 Å². The summed E-state index contributed by atoms with van der Waals surface area (Å²) in [7, 11) is 0. The molecular formula is C16H19N3O3. The number of rotatable bonds is 5. The molecule has 22 heavy (non-hydrogen) atoms. The number of fused-ring (bicyclic) bond motifs is 1. The molecule has 0 saturated heterocycles. The van der Waals surface area contributed by atoms with Crippen LogP contribution in [-0.2, 0) is 4.79 Å². The van der Waals surface area contributed by atoms with Gasteiger partial charge in [-0.15, -0.1) is 0 Å². The summed E-state index contributed by atoms with van der Waals surface area (Å²) in [4.78, 5) is 11.9. The summed E-state index contributed by atoms with van der Waals surface area (Å²) in [6.45, 7) is 4.69. The van der Waals surface area contributed by atoms with Gasteiger partial charge in [0.05, 0.1) is 13.2 Å². The average molecular weight is 301 g/mol. The van der Waals surface area contributed by atoms with Gasteiger partial charge in [0.25, 0.3) is 0 Å². The lowest BCUT2D eigenvalue weighted by molar-refractivity contribution is -0.115. The summed E-state index contributed by atoms with van der Waals surface area (Å²) >= 11 is 0. The lowest BCUT2D eigenvalue weighted by atomic mass is 9.94. The number of carbonyl (C=O) groups excluding carboxylic acids is 1. The van der Waals surface area contributed by atoms with Crippen LogP contribution in [0.4, 0.5) is 5.82 Å². The number of carbonyl (C=O) groups is 1. The Hall–Kier alpha value is -2.34. The van der Waals surface area contributed by atoms with Crippen molar-refractivity contribution in [3.63, 3.8) is 0 Å². The maximum Gasteiger partial charge on any atom is 0.239 e. The van der Waals surface area contributed by atoms with Crippen molar-refractivity contribution in [2.45, 2.75) is 25.8 Å². The molecular weight excluding hydrogens is 282 g/mol. The molecule has 1 aromatic carbocycles. The van der Waals surface area contributed by atoms with Crippen molar-refractivity contribution < 1.29 is 14.1 Å². The van der Waals surface area contributed by atoms with Gasteiger partial charge in [-0.05, 0) is 19.9 Å². The minimum Gasteiger partial charge on any atom is -0.493 e. The highest BCUT2D eigenvalue weighted by Crippen LogP contribution is 2.35. The molecule has 1 aliphatic heterocycles. The highest BCUT2D eigenvalue weighted by molar-refractivity contribution is 5.91. The molecule has 2 atom stereocenters. The van der Waals surface area contributed by atoms with Crippen molar-refractivity contribution in [3.05, 3.63) is 41.7 Å². The van der Waals surface area contributed by atoms with E-state index in [4.69, 9.17) is 9.26 Å². The fourth-order valence-electron chi connectivity index (χ4n) is 2.61. The van der Waals surface area contributed by atoms with Gasteiger partial charge in [0, 0.05) is 23.6 Å². The number of amides is 1. The number of aryl methyl sites for hydroxylation is 1. The number of anilines is 1. The number of hydrogen-bond donors (Lipinski definition) is 2. The Balaban J connectivity index is 1.52. The SMILES string of the molecule is Cc1cc(NC(=O)CN[C@@H](C)[C@@H]2COc3ccccc32)no1. The molecule has 6 heteroatoms. The summed E-state index contributed by atoms with van der Waals surface area (Å²) in [5.74, 6) is 2.14. The molecule has 0 saturated carbocycles. The molecule has 1 amide bonds. The van der Waals surface area contributed by atoms with E-state index in [-0.39, 0.29) is 24.4 Å². The Morgan fingerprint density at radius 2 is 2.27 bits per heavy atom. The molecule has 1 aromatic heterocycles. The molecule has 0 bridgehead atoms. The Morgan fingerprint density at radius 3 is 3.05 bits per heavy atom. The minimum atomic E-state index is -0.146.